The molecule has 2 aliphatic rings. The van der Waals surface area contributed by atoms with Gasteiger partial charge in [0.05, 0.1) is 13.2 Å². The Hall–Kier alpha value is -1.01. The first kappa shape index (κ1) is 23.3. The van der Waals surface area contributed by atoms with Crippen molar-refractivity contribution >= 4 is 5.91 Å². The van der Waals surface area contributed by atoms with Crippen molar-refractivity contribution in [3.63, 3.8) is 0 Å². The lowest BCUT2D eigenvalue weighted by Crippen LogP contribution is -2.79. The van der Waals surface area contributed by atoms with E-state index in [1.165, 1.54) is 0 Å². The molecule has 2 rings (SSSR count). The molecule has 1 amide bonds. The number of nitrogens with two attached hydrogens (primary N) is 1. The number of hydrogen-bond donors (Lipinski definition) is 10. The number of carbonyl (C=O) groups excluding carboxylic acids is 1. The third-order valence-corrected chi connectivity index (χ3v) is 4.99. The van der Waals surface area contributed by atoms with Crippen molar-refractivity contribution in [1.82, 2.24) is 0 Å². The summed E-state index contributed by atoms with van der Waals surface area (Å²) in [6.45, 7) is -3.09. The van der Waals surface area contributed by atoms with Gasteiger partial charge in [-0.2, -0.15) is 0 Å². The van der Waals surface area contributed by atoms with E-state index in [4.69, 9.17) is 19.9 Å². The quantitative estimate of drug-likeness (QED) is 0.194. The van der Waals surface area contributed by atoms with Crippen molar-refractivity contribution < 1.29 is 65.0 Å². The van der Waals surface area contributed by atoms with Gasteiger partial charge >= 0.3 is 0 Å². The fourth-order valence-corrected chi connectivity index (χ4v) is 3.19. The summed E-state index contributed by atoms with van der Waals surface area (Å²) in [5.41, 5.74) is 1.90. The van der Waals surface area contributed by atoms with Crippen LogP contribution in [-0.2, 0) is 19.0 Å². The van der Waals surface area contributed by atoms with Crippen molar-refractivity contribution in [2.45, 2.75) is 60.4 Å². The average Bonchev–Trinajstić information content (AvgIpc) is 2.67. The van der Waals surface area contributed by atoms with Crippen molar-refractivity contribution in [3.8, 4) is 0 Å². The van der Waals surface area contributed by atoms with E-state index in [0.29, 0.717) is 0 Å². The Morgan fingerprint density at radius 1 is 0.964 bits per heavy atom. The second-order valence-electron chi connectivity index (χ2n) is 6.66. The molecule has 0 aliphatic carbocycles. The molecule has 14 nitrogen and oxygen atoms in total. The summed E-state index contributed by atoms with van der Waals surface area (Å²) < 4.78 is 15.2. The van der Waals surface area contributed by atoms with E-state index >= 15 is 0 Å². The molecule has 0 unspecified atom stereocenters. The van der Waals surface area contributed by atoms with Crippen LogP contribution in [0.1, 0.15) is 0 Å². The van der Waals surface area contributed by atoms with E-state index in [1.807, 2.05) is 0 Å². The lowest BCUT2D eigenvalue weighted by atomic mass is 9.79. The summed E-state index contributed by atoms with van der Waals surface area (Å²) in [5.74, 6) is -4.47. The van der Waals surface area contributed by atoms with E-state index in [2.05, 4.69) is 0 Å². The molecule has 0 spiro atoms. The van der Waals surface area contributed by atoms with Gasteiger partial charge in [0.2, 0.25) is 11.4 Å². The summed E-state index contributed by atoms with van der Waals surface area (Å²) in [6.07, 6.45) is -14.9. The molecule has 0 aromatic rings. The number of primary amides is 1. The molecule has 28 heavy (non-hydrogen) atoms. The maximum Gasteiger partial charge on any atom is 0.258 e. The smallest absolute Gasteiger partial charge is 0.258 e. The Bertz CT molecular complexity index is 565. The van der Waals surface area contributed by atoms with Gasteiger partial charge in [0.1, 0.15) is 49.3 Å². The zero-order valence-corrected chi connectivity index (χ0v) is 14.5. The number of amides is 1. The Morgan fingerprint density at radius 2 is 1.57 bits per heavy atom. The van der Waals surface area contributed by atoms with Gasteiger partial charge in [-0.3, -0.25) is 4.79 Å². The molecule has 0 bridgehead atoms. The van der Waals surface area contributed by atoms with Gasteiger partial charge in [0.25, 0.3) is 5.91 Å². The van der Waals surface area contributed by atoms with Gasteiger partial charge in [-0.1, -0.05) is 0 Å². The zero-order valence-electron chi connectivity index (χ0n) is 14.5. The van der Waals surface area contributed by atoms with Crippen molar-refractivity contribution in [1.29, 1.82) is 0 Å². The number of aliphatic hydroxyl groups excluding tert-OH is 8. The highest BCUT2D eigenvalue weighted by atomic mass is 16.7. The van der Waals surface area contributed by atoms with Gasteiger partial charge < -0.3 is 65.9 Å². The van der Waals surface area contributed by atoms with Crippen molar-refractivity contribution in [2.24, 2.45) is 5.73 Å². The van der Waals surface area contributed by atoms with Crippen LogP contribution in [0.2, 0.25) is 0 Å². The first-order valence-electron chi connectivity index (χ1n) is 8.26. The SMILES string of the molecule is NC(=O)[C@@]1(O)[C@@H](O)[C@H](O)[C@@H](CO)O[C@@]1(CO)OC[C@H]1O[C@@H](O)[C@H](O)[C@@H](O)[C@@H]1O. The molecule has 2 fully saturated rings. The summed E-state index contributed by atoms with van der Waals surface area (Å²) in [4.78, 5) is 11.8. The fraction of sp³-hybridized carbons (Fsp3) is 0.929. The van der Waals surface area contributed by atoms with Gasteiger partial charge in [-0.25, -0.2) is 0 Å². The highest BCUT2D eigenvalue weighted by Gasteiger charge is 2.68. The number of rotatable bonds is 6. The van der Waals surface area contributed by atoms with Crippen LogP contribution in [0.4, 0.5) is 0 Å². The van der Waals surface area contributed by atoms with Crippen molar-refractivity contribution in [2.75, 3.05) is 19.8 Å². The van der Waals surface area contributed by atoms with Gasteiger partial charge in [-0.05, 0) is 0 Å². The number of carbonyl (C=O) groups is 1. The molecule has 164 valence electrons. The topological polar surface area (TPSA) is 253 Å². The number of ether oxygens (including phenoxy) is 3. The lowest BCUT2D eigenvalue weighted by Gasteiger charge is -2.53. The molecular formula is C14H25NO13. The third kappa shape index (κ3) is 3.51. The van der Waals surface area contributed by atoms with Crippen LogP contribution in [0.5, 0.6) is 0 Å². The Morgan fingerprint density at radius 3 is 2.07 bits per heavy atom. The van der Waals surface area contributed by atoms with Crippen LogP contribution in [0.15, 0.2) is 0 Å². The van der Waals surface area contributed by atoms with Gasteiger partial charge in [0, 0.05) is 0 Å². The van der Waals surface area contributed by atoms with E-state index in [1.54, 1.807) is 0 Å². The lowest BCUT2D eigenvalue weighted by molar-refractivity contribution is -0.404. The van der Waals surface area contributed by atoms with Crippen LogP contribution in [0, 0.1) is 0 Å². The van der Waals surface area contributed by atoms with E-state index in [9.17, 15) is 50.8 Å². The Kier molecular flexibility index (Phi) is 6.97. The summed E-state index contributed by atoms with van der Waals surface area (Å²) >= 11 is 0. The molecular weight excluding hydrogens is 390 g/mol. The monoisotopic (exact) mass is 415 g/mol. The summed E-state index contributed by atoms with van der Waals surface area (Å²) in [6, 6.07) is 0. The van der Waals surface area contributed by atoms with Crippen LogP contribution in [0.3, 0.4) is 0 Å². The minimum atomic E-state index is -3.21. The summed E-state index contributed by atoms with van der Waals surface area (Å²) in [7, 11) is 0. The molecule has 0 saturated carbocycles. The predicted octanol–water partition coefficient (Wildman–Crippen LogP) is -7.18. The van der Waals surface area contributed by atoms with E-state index in [0.717, 1.165) is 0 Å². The zero-order chi connectivity index (χ0) is 21.4. The largest absolute Gasteiger partial charge is 0.394 e. The first-order valence-corrected chi connectivity index (χ1v) is 8.26. The van der Waals surface area contributed by atoms with Crippen LogP contribution in [0.25, 0.3) is 0 Å². The van der Waals surface area contributed by atoms with Gasteiger partial charge in [0.15, 0.2) is 6.29 Å². The molecule has 11 N–H and O–H groups in total. The van der Waals surface area contributed by atoms with E-state index in [-0.39, 0.29) is 0 Å². The number of aliphatic hydroxyl groups is 9. The maximum absolute atomic E-state index is 11.8. The Balaban J connectivity index is 2.31. The average molecular weight is 415 g/mol. The molecule has 2 heterocycles. The molecule has 14 heteroatoms. The van der Waals surface area contributed by atoms with Crippen LogP contribution in [-0.4, -0.2) is 132 Å². The van der Waals surface area contributed by atoms with Crippen molar-refractivity contribution in [3.05, 3.63) is 0 Å². The molecule has 10 atom stereocenters. The van der Waals surface area contributed by atoms with Crippen LogP contribution >= 0.6 is 0 Å². The van der Waals surface area contributed by atoms with Gasteiger partial charge in [-0.15, -0.1) is 0 Å². The fourth-order valence-electron chi connectivity index (χ4n) is 3.19. The standard InChI is InChI=1S/C14H25NO13/c15-12(24)14(25)10(22)7(19)4(1-16)28-13(14,3-17)26-2-5-6(18)8(20)9(21)11(23)27-5/h4-11,16-23,25H,1-3H2,(H2,15,24)/t4-,5-,6-,7-,8+,9-,10+,11-,13-,14+/m1/s1. The third-order valence-electron chi connectivity index (χ3n) is 4.99. The predicted molar refractivity (Wildman–Crippen MR) is 82.8 cm³/mol. The Labute approximate surface area is 157 Å². The second-order valence-corrected chi connectivity index (χ2v) is 6.66. The highest BCUT2D eigenvalue weighted by molar-refractivity contribution is 5.85. The second kappa shape index (κ2) is 8.39. The number of hydrogen-bond acceptors (Lipinski definition) is 13. The van der Waals surface area contributed by atoms with Crippen LogP contribution < -0.4 is 5.73 Å². The summed E-state index contributed by atoms with van der Waals surface area (Å²) in [5, 5.41) is 88.3. The van der Waals surface area contributed by atoms with E-state index < -0.39 is 86.1 Å². The molecule has 2 aliphatic heterocycles. The normalized spacial score (nSPS) is 49.8. The molecule has 2 saturated heterocycles. The minimum absolute atomic E-state index is 0.862. The molecule has 0 aromatic heterocycles. The molecule has 0 radical (unpaired) electrons. The first-order chi connectivity index (χ1) is 13.0. The highest BCUT2D eigenvalue weighted by Crippen LogP contribution is 2.39. The molecule has 0 aromatic carbocycles. The minimum Gasteiger partial charge on any atom is -0.394 e. The maximum atomic E-state index is 11.8.